The van der Waals surface area contributed by atoms with Gasteiger partial charge < -0.3 is 14.5 Å². The number of carbonyl (C=O) groups is 1. The van der Waals surface area contributed by atoms with Crippen molar-refractivity contribution in [1.82, 2.24) is 4.98 Å². The van der Waals surface area contributed by atoms with E-state index in [0.29, 0.717) is 10.7 Å². The van der Waals surface area contributed by atoms with E-state index in [9.17, 15) is 4.79 Å². The molecule has 0 aliphatic rings. The molecule has 0 aliphatic heterocycles. The van der Waals surface area contributed by atoms with Gasteiger partial charge in [-0.15, -0.1) is 0 Å². The number of esters is 1. The second kappa shape index (κ2) is 6.08. The second-order valence-corrected chi connectivity index (χ2v) is 4.80. The molecular formula is C12H10BrClN2O3. The summed E-state index contributed by atoms with van der Waals surface area (Å²) in [5.41, 5.74) is 0.798. The summed E-state index contributed by atoms with van der Waals surface area (Å²) in [6.45, 7) is 2.01. The molecule has 2 rings (SSSR count). The van der Waals surface area contributed by atoms with Gasteiger partial charge in [-0.3, -0.25) is 0 Å². The van der Waals surface area contributed by atoms with E-state index in [0.717, 1.165) is 4.47 Å². The SMILES string of the molecule is CCOC(=O)c1coc(Nc2cc(Cl)ccc2Br)n1. The number of aromatic nitrogens is 1. The number of benzene rings is 1. The molecule has 0 spiro atoms. The third-order valence-corrected chi connectivity index (χ3v) is 3.09. The number of oxazole rings is 1. The number of nitrogens with one attached hydrogen (secondary N) is 1. The number of hydrogen-bond acceptors (Lipinski definition) is 5. The lowest BCUT2D eigenvalue weighted by Gasteiger charge is -2.04. The molecular weight excluding hydrogens is 335 g/mol. The molecule has 0 aliphatic carbocycles. The zero-order chi connectivity index (χ0) is 13.8. The number of halogens is 2. The number of ether oxygens (including phenoxy) is 1. The van der Waals surface area contributed by atoms with Crippen molar-refractivity contribution >= 4 is 45.2 Å². The zero-order valence-corrected chi connectivity index (χ0v) is 12.3. The number of hydrogen-bond donors (Lipinski definition) is 1. The van der Waals surface area contributed by atoms with Crippen LogP contribution in [0.1, 0.15) is 17.4 Å². The fourth-order valence-corrected chi connectivity index (χ4v) is 1.86. The van der Waals surface area contributed by atoms with Gasteiger partial charge in [-0.05, 0) is 41.1 Å². The van der Waals surface area contributed by atoms with Crippen LogP contribution in [0.15, 0.2) is 33.4 Å². The fourth-order valence-electron chi connectivity index (χ4n) is 1.34. The van der Waals surface area contributed by atoms with Gasteiger partial charge in [-0.25, -0.2) is 4.79 Å². The van der Waals surface area contributed by atoms with E-state index >= 15 is 0 Å². The quantitative estimate of drug-likeness (QED) is 0.848. The van der Waals surface area contributed by atoms with Gasteiger partial charge in [0.1, 0.15) is 6.26 Å². The highest BCUT2D eigenvalue weighted by molar-refractivity contribution is 9.10. The van der Waals surface area contributed by atoms with E-state index < -0.39 is 5.97 Å². The monoisotopic (exact) mass is 344 g/mol. The molecule has 0 amide bonds. The summed E-state index contributed by atoms with van der Waals surface area (Å²) in [5.74, 6) is -0.524. The first-order chi connectivity index (χ1) is 9.10. The van der Waals surface area contributed by atoms with Crippen LogP contribution in [0.2, 0.25) is 5.02 Å². The standard InChI is InChI=1S/C12H10BrClN2O3/c1-2-18-11(17)10-6-19-12(16-10)15-9-5-7(14)3-4-8(9)13/h3-6H,2H2,1H3,(H,15,16). The van der Waals surface area contributed by atoms with Gasteiger partial charge in [0.25, 0.3) is 6.01 Å². The summed E-state index contributed by atoms with van der Waals surface area (Å²) in [6.07, 6.45) is 1.23. The maximum Gasteiger partial charge on any atom is 0.360 e. The highest BCUT2D eigenvalue weighted by atomic mass is 79.9. The smallest absolute Gasteiger partial charge is 0.360 e. The summed E-state index contributed by atoms with van der Waals surface area (Å²) >= 11 is 9.26. The Kier molecular flexibility index (Phi) is 4.44. The number of rotatable bonds is 4. The minimum absolute atomic E-state index is 0.113. The van der Waals surface area contributed by atoms with Crippen molar-refractivity contribution in [3.05, 3.63) is 39.7 Å². The Morgan fingerprint density at radius 2 is 2.37 bits per heavy atom. The molecule has 5 nitrogen and oxygen atoms in total. The van der Waals surface area contributed by atoms with Crippen LogP contribution < -0.4 is 5.32 Å². The second-order valence-electron chi connectivity index (χ2n) is 3.51. The predicted molar refractivity (Wildman–Crippen MR) is 74.9 cm³/mol. The highest BCUT2D eigenvalue weighted by Crippen LogP contribution is 2.28. The molecule has 19 heavy (non-hydrogen) atoms. The molecule has 0 fully saturated rings. The maximum atomic E-state index is 11.4. The van der Waals surface area contributed by atoms with Crippen LogP contribution in [0, 0.1) is 0 Å². The highest BCUT2D eigenvalue weighted by Gasteiger charge is 2.13. The molecule has 0 unspecified atom stereocenters. The summed E-state index contributed by atoms with van der Waals surface area (Å²) in [4.78, 5) is 15.4. The Hall–Kier alpha value is -1.53. The lowest BCUT2D eigenvalue weighted by atomic mass is 10.3. The van der Waals surface area contributed by atoms with Crippen LogP contribution in [-0.4, -0.2) is 17.6 Å². The van der Waals surface area contributed by atoms with Gasteiger partial charge in [0.2, 0.25) is 0 Å². The van der Waals surface area contributed by atoms with Crippen LogP contribution >= 0.6 is 27.5 Å². The van der Waals surface area contributed by atoms with Crippen molar-refractivity contribution in [2.24, 2.45) is 0 Å². The first-order valence-electron chi connectivity index (χ1n) is 5.45. The summed E-state index contributed by atoms with van der Waals surface area (Å²) in [7, 11) is 0. The van der Waals surface area contributed by atoms with Crippen molar-refractivity contribution in [2.75, 3.05) is 11.9 Å². The largest absolute Gasteiger partial charge is 0.461 e. The number of anilines is 2. The minimum Gasteiger partial charge on any atom is -0.461 e. The normalized spacial score (nSPS) is 10.3. The molecule has 1 aromatic heterocycles. The van der Waals surface area contributed by atoms with Crippen LogP contribution in [0.3, 0.4) is 0 Å². The van der Waals surface area contributed by atoms with Gasteiger partial charge in [0, 0.05) is 9.50 Å². The third kappa shape index (κ3) is 3.48. The molecule has 0 bridgehead atoms. The number of nitrogens with zero attached hydrogens (tertiary/aromatic N) is 1. The summed E-state index contributed by atoms with van der Waals surface area (Å²) in [5, 5.41) is 3.49. The zero-order valence-electron chi connectivity index (χ0n) is 9.94. The molecule has 100 valence electrons. The van der Waals surface area contributed by atoms with E-state index in [-0.39, 0.29) is 18.3 Å². The van der Waals surface area contributed by atoms with Crippen molar-refractivity contribution in [3.8, 4) is 0 Å². The van der Waals surface area contributed by atoms with Gasteiger partial charge in [-0.1, -0.05) is 11.6 Å². The lowest BCUT2D eigenvalue weighted by Crippen LogP contribution is -2.05. The third-order valence-electron chi connectivity index (χ3n) is 2.16. The van der Waals surface area contributed by atoms with E-state index in [1.165, 1.54) is 6.26 Å². The number of carbonyl (C=O) groups excluding carboxylic acids is 1. The van der Waals surface area contributed by atoms with E-state index in [2.05, 4.69) is 26.2 Å². The molecule has 7 heteroatoms. The Morgan fingerprint density at radius 1 is 1.58 bits per heavy atom. The van der Waals surface area contributed by atoms with Gasteiger partial charge in [0.05, 0.1) is 12.3 Å². The predicted octanol–water partition coefficient (Wildman–Crippen LogP) is 4.01. The van der Waals surface area contributed by atoms with Crippen LogP contribution in [0.5, 0.6) is 0 Å². The average Bonchev–Trinajstić information content (AvgIpc) is 2.83. The maximum absolute atomic E-state index is 11.4. The van der Waals surface area contributed by atoms with Crippen LogP contribution in [0.25, 0.3) is 0 Å². The summed E-state index contributed by atoms with van der Waals surface area (Å²) < 4.78 is 10.8. The van der Waals surface area contributed by atoms with Gasteiger partial charge in [-0.2, -0.15) is 4.98 Å². The van der Waals surface area contributed by atoms with Crippen molar-refractivity contribution < 1.29 is 13.9 Å². The molecule has 0 atom stereocenters. The van der Waals surface area contributed by atoms with Crippen molar-refractivity contribution in [3.63, 3.8) is 0 Å². The molecule has 1 N–H and O–H groups in total. The Morgan fingerprint density at radius 3 is 3.11 bits per heavy atom. The lowest BCUT2D eigenvalue weighted by molar-refractivity contribution is 0.0519. The first kappa shape index (κ1) is 13.9. The van der Waals surface area contributed by atoms with E-state index in [1.807, 2.05) is 0 Å². The Labute approximate surface area is 123 Å². The van der Waals surface area contributed by atoms with E-state index in [4.69, 9.17) is 20.8 Å². The first-order valence-corrected chi connectivity index (χ1v) is 6.62. The Bertz CT molecular complexity index is 600. The molecule has 0 saturated heterocycles. The average molecular weight is 346 g/mol. The topological polar surface area (TPSA) is 64.4 Å². The molecule has 0 saturated carbocycles. The van der Waals surface area contributed by atoms with Gasteiger partial charge >= 0.3 is 5.97 Å². The van der Waals surface area contributed by atoms with Gasteiger partial charge in [0.15, 0.2) is 5.69 Å². The Balaban J connectivity index is 2.15. The van der Waals surface area contributed by atoms with Crippen molar-refractivity contribution in [2.45, 2.75) is 6.92 Å². The minimum atomic E-state index is -0.524. The molecule has 2 aromatic rings. The van der Waals surface area contributed by atoms with Crippen LogP contribution in [0.4, 0.5) is 11.7 Å². The molecule has 1 heterocycles. The van der Waals surface area contributed by atoms with Crippen LogP contribution in [-0.2, 0) is 4.74 Å². The van der Waals surface area contributed by atoms with E-state index in [1.54, 1.807) is 25.1 Å². The summed E-state index contributed by atoms with van der Waals surface area (Å²) in [6, 6.07) is 5.43. The fraction of sp³-hybridized carbons (Fsp3) is 0.167. The molecule has 0 radical (unpaired) electrons. The molecule has 1 aromatic carbocycles. The van der Waals surface area contributed by atoms with Crippen molar-refractivity contribution in [1.29, 1.82) is 0 Å².